The zero-order valence-electron chi connectivity index (χ0n) is 19.2. The van der Waals surface area contributed by atoms with Crippen molar-refractivity contribution in [1.29, 1.82) is 0 Å². The second-order valence-corrected chi connectivity index (χ2v) is 8.57. The van der Waals surface area contributed by atoms with E-state index in [1.807, 2.05) is 26.8 Å². The number of amides is 1. The summed E-state index contributed by atoms with van der Waals surface area (Å²) in [6, 6.07) is 11.0. The summed E-state index contributed by atoms with van der Waals surface area (Å²) in [4.78, 5) is 29.9. The van der Waals surface area contributed by atoms with Crippen LogP contribution in [0.5, 0.6) is 11.5 Å². The first-order chi connectivity index (χ1) is 15.8. The van der Waals surface area contributed by atoms with E-state index in [2.05, 4.69) is 4.90 Å². The van der Waals surface area contributed by atoms with Gasteiger partial charge in [0.25, 0.3) is 11.7 Å². The lowest BCUT2D eigenvalue weighted by Gasteiger charge is -2.28. The number of Topliss-reactive ketones (excluding diaryl/α,β-unsaturated/α-hetero) is 1. The first kappa shape index (κ1) is 22.9. The zero-order valence-corrected chi connectivity index (χ0v) is 19.2. The van der Waals surface area contributed by atoms with Crippen LogP contribution in [-0.4, -0.2) is 64.0 Å². The molecule has 2 heterocycles. The van der Waals surface area contributed by atoms with Crippen LogP contribution in [0, 0.1) is 0 Å². The molecule has 1 saturated heterocycles. The topological polar surface area (TPSA) is 90.3 Å². The van der Waals surface area contributed by atoms with Crippen molar-refractivity contribution in [2.75, 3.05) is 26.2 Å². The fourth-order valence-corrected chi connectivity index (χ4v) is 4.67. The van der Waals surface area contributed by atoms with Gasteiger partial charge in [-0.3, -0.25) is 9.59 Å². The van der Waals surface area contributed by atoms with Crippen LogP contribution in [0.1, 0.15) is 43.5 Å². The molecule has 4 rings (SSSR count). The number of hydrogen-bond acceptors (Lipinski definition) is 6. The van der Waals surface area contributed by atoms with Crippen LogP contribution in [0.25, 0.3) is 5.76 Å². The van der Waals surface area contributed by atoms with Gasteiger partial charge in [-0.05, 0) is 61.5 Å². The highest BCUT2D eigenvalue weighted by molar-refractivity contribution is 6.46. The number of likely N-dealkylation sites (tertiary alicyclic amines) is 1. The number of aromatic hydroxyl groups is 1. The maximum Gasteiger partial charge on any atom is 0.295 e. The largest absolute Gasteiger partial charge is 0.508 e. The number of likely N-dealkylation sites (N-methyl/N-ethyl adjacent to an activating group) is 1. The third-order valence-corrected chi connectivity index (χ3v) is 6.45. The minimum absolute atomic E-state index is 0.0329. The van der Waals surface area contributed by atoms with Gasteiger partial charge >= 0.3 is 0 Å². The first-order valence-electron chi connectivity index (χ1n) is 11.4. The first-order valence-corrected chi connectivity index (χ1v) is 11.4. The Bertz CT molecular complexity index is 1110. The van der Waals surface area contributed by atoms with Crippen molar-refractivity contribution < 1.29 is 24.5 Å². The van der Waals surface area contributed by atoms with Gasteiger partial charge in [-0.15, -0.1) is 0 Å². The smallest absolute Gasteiger partial charge is 0.295 e. The number of aliphatic hydroxyl groups excluding tert-OH is 1. The Labute approximate surface area is 193 Å². The molecular weight excluding hydrogens is 420 g/mol. The Balaban J connectivity index is 1.79. The number of ketones is 1. The molecule has 1 amide bonds. The maximum absolute atomic E-state index is 13.2. The monoisotopic (exact) mass is 450 g/mol. The standard InChI is InChI=1S/C26H30N2O5/c1-4-27(5-2)11-12-28-23(17-7-6-8-20(29)15-17)22(25(31)26(28)32)24(30)18-9-10-21-19(14-18)13-16(3)33-21/h6-10,14-16,23,29-30H,4-5,11-13H2,1-3H3/b24-22+/t16-,23+/m1/s1. The van der Waals surface area contributed by atoms with Gasteiger partial charge in [0.1, 0.15) is 23.4 Å². The molecular formula is C26H30N2O5. The average molecular weight is 451 g/mol. The van der Waals surface area contributed by atoms with Crippen LogP contribution in [0.15, 0.2) is 48.0 Å². The molecule has 2 aromatic carbocycles. The summed E-state index contributed by atoms with van der Waals surface area (Å²) >= 11 is 0. The fourth-order valence-electron chi connectivity index (χ4n) is 4.67. The van der Waals surface area contributed by atoms with Crippen LogP contribution in [0.2, 0.25) is 0 Å². The molecule has 2 aliphatic heterocycles. The molecule has 0 spiro atoms. The number of hydrogen-bond donors (Lipinski definition) is 2. The Kier molecular flexibility index (Phi) is 6.42. The Hall–Kier alpha value is -3.32. The Morgan fingerprint density at radius 1 is 1.15 bits per heavy atom. The summed E-state index contributed by atoms with van der Waals surface area (Å²) in [5.41, 5.74) is 2.04. The lowest BCUT2D eigenvalue weighted by atomic mass is 9.94. The molecule has 0 aromatic heterocycles. The molecule has 33 heavy (non-hydrogen) atoms. The van der Waals surface area contributed by atoms with Gasteiger partial charge in [-0.1, -0.05) is 26.0 Å². The van der Waals surface area contributed by atoms with E-state index in [4.69, 9.17) is 4.74 Å². The molecule has 0 bridgehead atoms. The molecule has 2 aliphatic rings. The minimum Gasteiger partial charge on any atom is -0.508 e. The highest BCUT2D eigenvalue weighted by Gasteiger charge is 2.46. The van der Waals surface area contributed by atoms with E-state index in [1.54, 1.807) is 24.3 Å². The lowest BCUT2D eigenvalue weighted by molar-refractivity contribution is -0.140. The van der Waals surface area contributed by atoms with Gasteiger partial charge in [0.15, 0.2) is 0 Å². The van der Waals surface area contributed by atoms with Gasteiger partial charge in [0.05, 0.1) is 11.6 Å². The van der Waals surface area contributed by atoms with E-state index in [1.165, 1.54) is 17.0 Å². The molecule has 1 fully saturated rings. The van der Waals surface area contributed by atoms with E-state index in [-0.39, 0.29) is 23.2 Å². The van der Waals surface area contributed by atoms with Gasteiger partial charge in [0.2, 0.25) is 0 Å². The number of phenols is 1. The molecule has 0 saturated carbocycles. The number of phenolic OH excluding ortho intramolecular Hbond substituents is 1. The molecule has 2 N–H and O–H groups in total. The van der Waals surface area contributed by atoms with E-state index < -0.39 is 17.7 Å². The predicted octanol–water partition coefficient (Wildman–Crippen LogP) is 3.48. The second kappa shape index (κ2) is 9.27. The molecule has 0 unspecified atom stereocenters. The number of benzene rings is 2. The highest BCUT2D eigenvalue weighted by atomic mass is 16.5. The van der Waals surface area contributed by atoms with E-state index >= 15 is 0 Å². The van der Waals surface area contributed by atoms with E-state index in [9.17, 15) is 19.8 Å². The normalized spacial score (nSPS) is 21.5. The molecule has 7 nitrogen and oxygen atoms in total. The lowest BCUT2D eigenvalue weighted by Crippen LogP contribution is -2.38. The van der Waals surface area contributed by atoms with Crippen molar-refractivity contribution >= 4 is 17.4 Å². The summed E-state index contributed by atoms with van der Waals surface area (Å²) in [6.45, 7) is 8.65. The summed E-state index contributed by atoms with van der Waals surface area (Å²) in [7, 11) is 0. The van der Waals surface area contributed by atoms with Gasteiger partial charge in [0, 0.05) is 25.1 Å². The van der Waals surface area contributed by atoms with Crippen molar-refractivity contribution in [3.63, 3.8) is 0 Å². The summed E-state index contributed by atoms with van der Waals surface area (Å²) in [5.74, 6) is -0.774. The number of carbonyl (C=O) groups is 2. The third kappa shape index (κ3) is 4.33. The summed E-state index contributed by atoms with van der Waals surface area (Å²) in [6.07, 6.45) is 0.764. The summed E-state index contributed by atoms with van der Waals surface area (Å²) in [5, 5.41) is 21.3. The van der Waals surface area contributed by atoms with E-state index in [0.29, 0.717) is 30.6 Å². The van der Waals surface area contributed by atoms with Gasteiger partial charge < -0.3 is 24.7 Å². The van der Waals surface area contributed by atoms with Crippen LogP contribution >= 0.6 is 0 Å². The zero-order chi connectivity index (χ0) is 23.7. The van der Waals surface area contributed by atoms with Crippen molar-refractivity contribution in [3.8, 4) is 11.5 Å². The molecule has 2 atom stereocenters. The van der Waals surface area contributed by atoms with Crippen LogP contribution in [0.3, 0.4) is 0 Å². The van der Waals surface area contributed by atoms with Gasteiger partial charge in [-0.25, -0.2) is 0 Å². The van der Waals surface area contributed by atoms with Crippen LogP contribution in [0.4, 0.5) is 0 Å². The molecule has 0 aliphatic carbocycles. The number of rotatable bonds is 7. The van der Waals surface area contributed by atoms with Gasteiger partial charge in [-0.2, -0.15) is 0 Å². The van der Waals surface area contributed by atoms with E-state index in [0.717, 1.165) is 24.4 Å². The molecule has 2 aromatic rings. The maximum atomic E-state index is 13.2. The Morgan fingerprint density at radius 3 is 2.61 bits per heavy atom. The molecule has 7 heteroatoms. The van der Waals surface area contributed by atoms with Crippen molar-refractivity contribution in [2.24, 2.45) is 0 Å². The van der Waals surface area contributed by atoms with Crippen LogP contribution < -0.4 is 4.74 Å². The highest BCUT2D eigenvalue weighted by Crippen LogP contribution is 2.41. The average Bonchev–Trinajstić information content (AvgIpc) is 3.30. The fraction of sp³-hybridized carbons (Fsp3) is 0.385. The third-order valence-electron chi connectivity index (χ3n) is 6.45. The minimum atomic E-state index is -0.781. The van der Waals surface area contributed by atoms with Crippen molar-refractivity contribution in [3.05, 3.63) is 64.7 Å². The number of ether oxygens (including phenoxy) is 1. The number of fused-ring (bicyclic) bond motifs is 1. The summed E-state index contributed by atoms with van der Waals surface area (Å²) < 4.78 is 5.74. The van der Waals surface area contributed by atoms with Crippen LogP contribution in [-0.2, 0) is 16.0 Å². The second-order valence-electron chi connectivity index (χ2n) is 8.57. The van der Waals surface area contributed by atoms with Crippen molar-refractivity contribution in [2.45, 2.75) is 39.3 Å². The molecule has 0 radical (unpaired) electrons. The number of nitrogens with zero attached hydrogens (tertiary/aromatic N) is 2. The SMILES string of the molecule is CCN(CC)CCN1C(=O)C(=O)/C(=C(/O)c2ccc3c(c2)C[C@@H](C)O3)[C@@H]1c1cccc(O)c1. The Morgan fingerprint density at radius 2 is 1.91 bits per heavy atom. The predicted molar refractivity (Wildman–Crippen MR) is 125 cm³/mol. The quantitative estimate of drug-likeness (QED) is 0.381. The molecule has 174 valence electrons. The number of aliphatic hydroxyl groups is 1. The van der Waals surface area contributed by atoms with Crippen molar-refractivity contribution in [1.82, 2.24) is 9.80 Å². The number of carbonyl (C=O) groups excluding carboxylic acids is 2.